The lowest BCUT2D eigenvalue weighted by atomic mass is 9.83. The summed E-state index contributed by atoms with van der Waals surface area (Å²) >= 11 is 0. The van der Waals surface area contributed by atoms with Crippen LogP contribution in [0.4, 0.5) is 5.69 Å². The minimum atomic E-state index is -0.660. The van der Waals surface area contributed by atoms with Crippen LogP contribution in [0.2, 0.25) is 0 Å². The van der Waals surface area contributed by atoms with Gasteiger partial charge in [-0.2, -0.15) is 5.26 Å². The predicted molar refractivity (Wildman–Crippen MR) is 130 cm³/mol. The van der Waals surface area contributed by atoms with Crippen LogP contribution in [-0.2, 0) is 10.3 Å². The van der Waals surface area contributed by atoms with E-state index in [2.05, 4.69) is 45.0 Å². The van der Waals surface area contributed by atoms with Gasteiger partial charge in [-0.05, 0) is 80.8 Å². The van der Waals surface area contributed by atoms with Crippen LogP contribution in [0, 0.1) is 17.2 Å². The van der Waals surface area contributed by atoms with Gasteiger partial charge in [-0.3, -0.25) is 4.79 Å². The second kappa shape index (κ2) is 7.74. The predicted octanol–water partition coefficient (Wildman–Crippen LogP) is 5.85. The summed E-state index contributed by atoms with van der Waals surface area (Å²) in [6, 6.07) is 20.7. The normalized spacial score (nSPS) is 26.0. The standard InChI is InChI=1S/C28H31N3O2/c1-19-16-28(19,18-29)31-24-11-10-20(21-12-13-33-27(2,3)17-21)14-22(24)15-25(31)26(32)30(4)23-8-6-5-7-9-23/h5-11,14-15,19,21H,12-13,16-17H2,1-4H3. The van der Waals surface area contributed by atoms with E-state index in [1.54, 1.807) is 11.9 Å². The zero-order valence-electron chi connectivity index (χ0n) is 19.8. The zero-order valence-corrected chi connectivity index (χ0v) is 19.8. The number of rotatable bonds is 4. The van der Waals surface area contributed by atoms with Gasteiger partial charge < -0.3 is 14.2 Å². The first-order chi connectivity index (χ1) is 15.8. The molecule has 3 unspecified atom stereocenters. The molecular formula is C28H31N3O2. The third-order valence-electron chi connectivity index (χ3n) is 7.53. The van der Waals surface area contributed by atoms with Crippen LogP contribution < -0.4 is 4.90 Å². The van der Waals surface area contributed by atoms with Crippen molar-refractivity contribution in [2.45, 2.75) is 57.1 Å². The van der Waals surface area contributed by atoms with Crippen molar-refractivity contribution in [1.82, 2.24) is 4.57 Å². The van der Waals surface area contributed by atoms with Crippen LogP contribution in [0.1, 0.15) is 62.0 Å². The molecule has 1 aliphatic carbocycles. The molecule has 1 aromatic heterocycles. The van der Waals surface area contributed by atoms with Crippen molar-refractivity contribution >= 4 is 22.5 Å². The fourth-order valence-electron chi connectivity index (χ4n) is 5.46. The molecule has 33 heavy (non-hydrogen) atoms. The maximum Gasteiger partial charge on any atom is 0.274 e. The molecule has 5 nitrogen and oxygen atoms in total. The summed E-state index contributed by atoms with van der Waals surface area (Å²) in [5.41, 5.74) is 2.86. The van der Waals surface area contributed by atoms with Crippen molar-refractivity contribution in [3.05, 3.63) is 65.9 Å². The van der Waals surface area contributed by atoms with Crippen molar-refractivity contribution in [3.63, 3.8) is 0 Å². The number of benzene rings is 2. The molecular weight excluding hydrogens is 410 g/mol. The molecule has 5 heteroatoms. The van der Waals surface area contributed by atoms with Crippen LogP contribution in [-0.4, -0.2) is 29.7 Å². The Labute approximate surface area is 195 Å². The molecule has 1 aliphatic heterocycles. The van der Waals surface area contributed by atoms with E-state index in [0.717, 1.165) is 42.5 Å². The number of carbonyl (C=O) groups excluding carboxylic acids is 1. The molecule has 3 atom stereocenters. The van der Waals surface area contributed by atoms with Gasteiger partial charge in [0.25, 0.3) is 5.91 Å². The average molecular weight is 442 g/mol. The molecule has 0 bridgehead atoms. The zero-order chi connectivity index (χ0) is 23.4. The average Bonchev–Trinajstić information content (AvgIpc) is 3.32. The lowest BCUT2D eigenvalue weighted by Crippen LogP contribution is -2.33. The van der Waals surface area contributed by atoms with Gasteiger partial charge >= 0.3 is 0 Å². The van der Waals surface area contributed by atoms with E-state index < -0.39 is 5.54 Å². The smallest absolute Gasteiger partial charge is 0.274 e. The lowest BCUT2D eigenvalue weighted by molar-refractivity contribution is -0.0592. The molecule has 2 aromatic carbocycles. The van der Waals surface area contributed by atoms with Crippen molar-refractivity contribution in [3.8, 4) is 6.07 Å². The summed E-state index contributed by atoms with van der Waals surface area (Å²) in [6.45, 7) is 7.14. The topological polar surface area (TPSA) is 58.3 Å². The van der Waals surface area contributed by atoms with E-state index in [9.17, 15) is 10.1 Å². The molecule has 2 heterocycles. The summed E-state index contributed by atoms with van der Waals surface area (Å²) in [7, 11) is 1.80. The number of para-hydroxylation sites is 1. The number of anilines is 1. The summed E-state index contributed by atoms with van der Waals surface area (Å²) < 4.78 is 7.92. The summed E-state index contributed by atoms with van der Waals surface area (Å²) in [5, 5.41) is 11.1. The summed E-state index contributed by atoms with van der Waals surface area (Å²) in [5.74, 6) is 0.542. The van der Waals surface area contributed by atoms with Crippen LogP contribution in [0.15, 0.2) is 54.6 Å². The van der Waals surface area contributed by atoms with Crippen LogP contribution in [0.3, 0.4) is 0 Å². The molecule has 2 aliphatic rings. The SMILES string of the molecule is CC1CC1(C#N)n1c(C(=O)N(C)c2ccccc2)cc2cc(C3CCOC(C)(C)C3)ccc21. The Morgan fingerprint density at radius 3 is 2.52 bits per heavy atom. The monoisotopic (exact) mass is 441 g/mol. The number of ether oxygens (including phenoxy) is 1. The number of aromatic nitrogens is 1. The molecule has 3 aromatic rings. The van der Waals surface area contributed by atoms with Crippen LogP contribution in [0.25, 0.3) is 10.9 Å². The van der Waals surface area contributed by atoms with E-state index in [4.69, 9.17) is 4.74 Å². The molecule has 1 amide bonds. The molecule has 170 valence electrons. The molecule has 1 saturated carbocycles. The van der Waals surface area contributed by atoms with Gasteiger partial charge in [0.2, 0.25) is 0 Å². The van der Waals surface area contributed by atoms with E-state index in [1.807, 2.05) is 41.0 Å². The quantitative estimate of drug-likeness (QED) is 0.510. The van der Waals surface area contributed by atoms with Gasteiger partial charge in [-0.25, -0.2) is 0 Å². The highest BCUT2D eigenvalue weighted by molar-refractivity contribution is 6.08. The number of hydrogen-bond acceptors (Lipinski definition) is 3. The minimum absolute atomic E-state index is 0.0973. The molecule has 0 N–H and O–H groups in total. The van der Waals surface area contributed by atoms with Crippen molar-refractivity contribution in [1.29, 1.82) is 5.26 Å². The Hall–Kier alpha value is -3.10. The number of nitriles is 1. The first-order valence-corrected chi connectivity index (χ1v) is 11.8. The Balaban J connectivity index is 1.61. The van der Waals surface area contributed by atoms with Gasteiger partial charge in [-0.15, -0.1) is 0 Å². The lowest BCUT2D eigenvalue weighted by Gasteiger charge is -2.35. The second-order valence-corrected chi connectivity index (χ2v) is 10.3. The van der Waals surface area contributed by atoms with E-state index in [-0.39, 0.29) is 17.4 Å². The minimum Gasteiger partial charge on any atom is -0.376 e. The second-order valence-electron chi connectivity index (χ2n) is 10.3. The Bertz CT molecular complexity index is 1250. The van der Waals surface area contributed by atoms with Gasteiger partial charge in [-0.1, -0.05) is 31.2 Å². The first kappa shape index (κ1) is 21.7. The molecule has 1 saturated heterocycles. The highest BCUT2D eigenvalue weighted by atomic mass is 16.5. The van der Waals surface area contributed by atoms with Crippen LogP contribution >= 0.6 is 0 Å². The molecule has 0 spiro atoms. The van der Waals surface area contributed by atoms with Gasteiger partial charge in [0.05, 0.1) is 17.2 Å². The number of hydrogen-bond donors (Lipinski definition) is 0. The van der Waals surface area contributed by atoms with Gasteiger partial charge in [0.15, 0.2) is 0 Å². The highest BCUT2D eigenvalue weighted by Gasteiger charge is 2.55. The Morgan fingerprint density at radius 1 is 1.15 bits per heavy atom. The van der Waals surface area contributed by atoms with Crippen molar-refractivity contribution in [2.24, 2.45) is 5.92 Å². The van der Waals surface area contributed by atoms with Crippen molar-refractivity contribution < 1.29 is 9.53 Å². The Kier molecular flexibility index (Phi) is 5.10. The van der Waals surface area contributed by atoms with Crippen molar-refractivity contribution in [2.75, 3.05) is 18.6 Å². The molecule has 0 radical (unpaired) electrons. The third kappa shape index (κ3) is 3.63. The maximum absolute atomic E-state index is 13.7. The summed E-state index contributed by atoms with van der Waals surface area (Å²) in [4.78, 5) is 15.4. The van der Waals surface area contributed by atoms with Gasteiger partial charge in [0.1, 0.15) is 11.2 Å². The molecule has 2 fully saturated rings. The van der Waals surface area contributed by atoms with E-state index in [1.165, 1.54) is 5.56 Å². The number of nitrogens with zero attached hydrogens (tertiary/aromatic N) is 3. The molecule has 5 rings (SSSR count). The largest absolute Gasteiger partial charge is 0.376 e. The fourth-order valence-corrected chi connectivity index (χ4v) is 5.46. The number of carbonyl (C=O) groups is 1. The van der Waals surface area contributed by atoms with E-state index in [0.29, 0.717) is 11.6 Å². The maximum atomic E-state index is 13.7. The fraction of sp³-hybridized carbons (Fsp3) is 0.429. The highest BCUT2D eigenvalue weighted by Crippen LogP contribution is 2.52. The number of fused-ring (bicyclic) bond motifs is 1. The third-order valence-corrected chi connectivity index (χ3v) is 7.53. The Morgan fingerprint density at radius 2 is 1.88 bits per heavy atom. The van der Waals surface area contributed by atoms with Crippen LogP contribution in [0.5, 0.6) is 0 Å². The summed E-state index contributed by atoms with van der Waals surface area (Å²) in [6.07, 6.45) is 2.73. The van der Waals surface area contributed by atoms with E-state index >= 15 is 0 Å². The first-order valence-electron chi connectivity index (χ1n) is 11.8. The van der Waals surface area contributed by atoms with Gasteiger partial charge in [0, 0.05) is 24.7 Å². The number of amides is 1.